The van der Waals surface area contributed by atoms with E-state index in [-0.39, 0.29) is 4.90 Å². The summed E-state index contributed by atoms with van der Waals surface area (Å²) in [5.41, 5.74) is 4.76. The summed E-state index contributed by atoms with van der Waals surface area (Å²) in [5, 5.41) is 1.00. The highest BCUT2D eigenvalue weighted by atomic mass is 32.2. The van der Waals surface area contributed by atoms with Gasteiger partial charge in [-0.15, -0.1) is 11.3 Å². The number of aromatic nitrogens is 1. The van der Waals surface area contributed by atoms with E-state index in [2.05, 4.69) is 4.98 Å². The van der Waals surface area contributed by atoms with E-state index in [0.29, 0.717) is 5.69 Å². The molecule has 3 rings (SSSR count). The highest BCUT2D eigenvalue weighted by molar-refractivity contribution is 7.92. The average molecular weight is 387 g/mol. The maximum atomic E-state index is 13.0. The van der Waals surface area contributed by atoms with Gasteiger partial charge in [0.15, 0.2) is 0 Å². The van der Waals surface area contributed by atoms with E-state index in [1.807, 2.05) is 58.0 Å². The SMILES string of the molecule is Cc1ccc(S(=O)(=O)N(C)c2ccc(C)c(-c3sc(C)nc3C)c2)cc1. The average Bonchev–Trinajstić information content (AvgIpc) is 2.93. The fourth-order valence-electron chi connectivity index (χ4n) is 2.84. The predicted octanol–water partition coefficient (Wildman–Crippen LogP) is 4.87. The molecule has 0 aliphatic carbocycles. The van der Waals surface area contributed by atoms with Gasteiger partial charge in [0.1, 0.15) is 0 Å². The molecule has 136 valence electrons. The van der Waals surface area contributed by atoms with Crippen LogP contribution in [-0.4, -0.2) is 20.4 Å². The van der Waals surface area contributed by atoms with Gasteiger partial charge in [-0.25, -0.2) is 13.4 Å². The van der Waals surface area contributed by atoms with Gasteiger partial charge in [-0.3, -0.25) is 4.31 Å². The Kier molecular flexibility index (Phi) is 4.90. The second-order valence-electron chi connectivity index (χ2n) is 6.43. The zero-order chi connectivity index (χ0) is 19.1. The Morgan fingerprint density at radius 2 is 1.62 bits per heavy atom. The van der Waals surface area contributed by atoms with Crippen molar-refractivity contribution in [3.05, 3.63) is 64.3 Å². The van der Waals surface area contributed by atoms with Crippen LogP contribution in [0.1, 0.15) is 21.8 Å². The number of sulfonamides is 1. The van der Waals surface area contributed by atoms with Crippen molar-refractivity contribution in [2.45, 2.75) is 32.6 Å². The van der Waals surface area contributed by atoms with Gasteiger partial charge in [0.25, 0.3) is 10.0 Å². The number of aryl methyl sites for hydroxylation is 4. The summed E-state index contributed by atoms with van der Waals surface area (Å²) in [5.74, 6) is 0. The fraction of sp³-hybridized carbons (Fsp3) is 0.250. The fourth-order valence-corrected chi connectivity index (χ4v) is 5.03. The van der Waals surface area contributed by atoms with Crippen LogP contribution in [0.25, 0.3) is 10.4 Å². The molecule has 6 heteroatoms. The predicted molar refractivity (Wildman–Crippen MR) is 109 cm³/mol. The summed E-state index contributed by atoms with van der Waals surface area (Å²) in [6.07, 6.45) is 0. The van der Waals surface area contributed by atoms with Crippen LogP contribution in [0, 0.1) is 27.7 Å². The Labute approximate surface area is 159 Å². The Morgan fingerprint density at radius 1 is 0.962 bits per heavy atom. The molecule has 0 radical (unpaired) electrons. The van der Waals surface area contributed by atoms with Gasteiger partial charge in [0.05, 0.1) is 26.2 Å². The summed E-state index contributed by atoms with van der Waals surface area (Å²) in [6.45, 7) is 7.93. The second-order valence-corrected chi connectivity index (χ2v) is 9.60. The number of hydrogen-bond donors (Lipinski definition) is 0. The maximum absolute atomic E-state index is 13.0. The number of hydrogen-bond acceptors (Lipinski definition) is 4. The van der Waals surface area contributed by atoms with Crippen molar-refractivity contribution in [1.29, 1.82) is 0 Å². The van der Waals surface area contributed by atoms with E-state index in [4.69, 9.17) is 0 Å². The first kappa shape index (κ1) is 18.6. The van der Waals surface area contributed by atoms with Gasteiger partial charge >= 0.3 is 0 Å². The minimum atomic E-state index is -3.60. The van der Waals surface area contributed by atoms with Crippen molar-refractivity contribution in [3.8, 4) is 10.4 Å². The molecule has 0 N–H and O–H groups in total. The molecule has 2 aromatic carbocycles. The van der Waals surface area contributed by atoms with Crippen molar-refractivity contribution in [2.24, 2.45) is 0 Å². The molecule has 4 nitrogen and oxygen atoms in total. The van der Waals surface area contributed by atoms with Crippen molar-refractivity contribution >= 4 is 27.0 Å². The van der Waals surface area contributed by atoms with Crippen molar-refractivity contribution < 1.29 is 8.42 Å². The van der Waals surface area contributed by atoms with Gasteiger partial charge in [-0.2, -0.15) is 0 Å². The largest absolute Gasteiger partial charge is 0.269 e. The molecule has 0 bridgehead atoms. The van der Waals surface area contributed by atoms with Crippen LogP contribution < -0.4 is 4.31 Å². The van der Waals surface area contributed by atoms with Crippen LogP contribution >= 0.6 is 11.3 Å². The van der Waals surface area contributed by atoms with E-state index in [9.17, 15) is 8.42 Å². The summed E-state index contributed by atoms with van der Waals surface area (Å²) in [6, 6.07) is 12.6. The lowest BCUT2D eigenvalue weighted by Gasteiger charge is -2.21. The lowest BCUT2D eigenvalue weighted by Crippen LogP contribution is -2.26. The minimum Gasteiger partial charge on any atom is -0.269 e. The Hall–Kier alpha value is -2.18. The molecular formula is C20H22N2O2S2. The van der Waals surface area contributed by atoms with Crippen LogP contribution in [0.3, 0.4) is 0 Å². The van der Waals surface area contributed by atoms with Gasteiger partial charge in [-0.05, 0) is 63.1 Å². The molecule has 1 heterocycles. The van der Waals surface area contributed by atoms with E-state index >= 15 is 0 Å². The third-order valence-corrected chi connectivity index (χ3v) is 7.32. The van der Waals surface area contributed by atoms with Gasteiger partial charge in [0, 0.05) is 7.05 Å². The zero-order valence-electron chi connectivity index (χ0n) is 15.6. The van der Waals surface area contributed by atoms with E-state index in [0.717, 1.165) is 32.3 Å². The van der Waals surface area contributed by atoms with E-state index in [1.54, 1.807) is 30.5 Å². The quantitative estimate of drug-likeness (QED) is 0.643. The molecule has 3 aromatic rings. The monoisotopic (exact) mass is 386 g/mol. The van der Waals surface area contributed by atoms with Crippen molar-refractivity contribution in [2.75, 3.05) is 11.4 Å². The van der Waals surface area contributed by atoms with Crippen molar-refractivity contribution in [1.82, 2.24) is 4.98 Å². The smallest absolute Gasteiger partial charge is 0.264 e. The Bertz CT molecular complexity index is 1050. The van der Waals surface area contributed by atoms with E-state index in [1.165, 1.54) is 4.31 Å². The lowest BCUT2D eigenvalue weighted by atomic mass is 10.1. The molecule has 26 heavy (non-hydrogen) atoms. The normalized spacial score (nSPS) is 11.6. The molecule has 0 amide bonds. The zero-order valence-corrected chi connectivity index (χ0v) is 17.2. The first-order valence-corrected chi connectivity index (χ1v) is 10.6. The number of nitrogens with zero attached hydrogens (tertiary/aromatic N) is 2. The summed E-state index contributed by atoms with van der Waals surface area (Å²) in [7, 11) is -2.01. The molecular weight excluding hydrogens is 364 g/mol. The van der Waals surface area contributed by atoms with Crippen LogP contribution in [0.4, 0.5) is 5.69 Å². The molecule has 0 fully saturated rings. The molecule has 0 atom stereocenters. The van der Waals surface area contributed by atoms with E-state index < -0.39 is 10.0 Å². The first-order chi connectivity index (χ1) is 12.2. The standard InChI is InChI=1S/C20H22N2O2S2/c1-13-6-10-18(11-7-13)26(23,24)22(5)17-9-8-14(2)19(12-17)20-15(3)21-16(4)25-20/h6-12H,1-5H3. The molecule has 0 spiro atoms. The minimum absolute atomic E-state index is 0.289. The molecule has 1 aromatic heterocycles. The number of anilines is 1. The third kappa shape index (κ3) is 3.39. The molecule has 0 aliphatic heterocycles. The molecule has 0 saturated heterocycles. The highest BCUT2D eigenvalue weighted by Crippen LogP contribution is 2.35. The lowest BCUT2D eigenvalue weighted by molar-refractivity contribution is 0.594. The Morgan fingerprint density at radius 3 is 2.19 bits per heavy atom. The van der Waals surface area contributed by atoms with Crippen LogP contribution in [0.15, 0.2) is 47.4 Å². The summed E-state index contributed by atoms with van der Waals surface area (Å²) in [4.78, 5) is 5.87. The Balaban J connectivity index is 2.05. The number of benzene rings is 2. The third-order valence-electron chi connectivity index (χ3n) is 4.41. The first-order valence-electron chi connectivity index (χ1n) is 8.31. The molecule has 0 aliphatic rings. The van der Waals surface area contributed by atoms with Crippen LogP contribution in [0.2, 0.25) is 0 Å². The highest BCUT2D eigenvalue weighted by Gasteiger charge is 2.22. The number of thiazole rings is 1. The summed E-state index contributed by atoms with van der Waals surface area (Å²) >= 11 is 1.63. The second kappa shape index (κ2) is 6.85. The topological polar surface area (TPSA) is 50.3 Å². The maximum Gasteiger partial charge on any atom is 0.264 e. The van der Waals surface area contributed by atoms with Crippen LogP contribution in [0.5, 0.6) is 0 Å². The van der Waals surface area contributed by atoms with Gasteiger partial charge < -0.3 is 0 Å². The summed E-state index contributed by atoms with van der Waals surface area (Å²) < 4.78 is 27.3. The molecule has 0 saturated carbocycles. The number of rotatable bonds is 4. The molecule has 0 unspecified atom stereocenters. The van der Waals surface area contributed by atoms with Crippen LogP contribution in [-0.2, 0) is 10.0 Å². The van der Waals surface area contributed by atoms with Gasteiger partial charge in [-0.1, -0.05) is 23.8 Å². The van der Waals surface area contributed by atoms with Gasteiger partial charge in [0.2, 0.25) is 0 Å². The van der Waals surface area contributed by atoms with Crippen molar-refractivity contribution in [3.63, 3.8) is 0 Å².